The van der Waals surface area contributed by atoms with Crippen LogP contribution in [0.5, 0.6) is 0 Å². The van der Waals surface area contributed by atoms with Crippen molar-refractivity contribution in [3.05, 3.63) is 102 Å². The van der Waals surface area contributed by atoms with E-state index in [1.165, 1.54) is 29.5 Å². The van der Waals surface area contributed by atoms with Crippen LogP contribution in [-0.2, 0) is 13.1 Å². The van der Waals surface area contributed by atoms with Gasteiger partial charge in [0.05, 0.1) is 17.4 Å². The molecule has 152 valence electrons. The van der Waals surface area contributed by atoms with Gasteiger partial charge in [0.2, 0.25) is 0 Å². The number of carbonyl (C=O) groups excluding carboxylic acids is 1. The van der Waals surface area contributed by atoms with Crippen molar-refractivity contribution in [2.45, 2.75) is 13.1 Å². The number of hydrogen-bond acceptors (Lipinski definition) is 4. The summed E-state index contributed by atoms with van der Waals surface area (Å²) < 4.78 is 27.6. The van der Waals surface area contributed by atoms with Gasteiger partial charge >= 0.3 is 5.69 Å². The van der Waals surface area contributed by atoms with Gasteiger partial charge in [-0.1, -0.05) is 6.07 Å². The van der Waals surface area contributed by atoms with E-state index in [-0.39, 0.29) is 35.1 Å². The summed E-state index contributed by atoms with van der Waals surface area (Å²) in [5.41, 5.74) is -0.327. The van der Waals surface area contributed by atoms with Crippen molar-refractivity contribution in [1.82, 2.24) is 14.9 Å². The van der Waals surface area contributed by atoms with Crippen LogP contribution in [0.2, 0.25) is 0 Å². The highest BCUT2D eigenvalue weighted by Crippen LogP contribution is 2.12. The Morgan fingerprint density at radius 3 is 2.53 bits per heavy atom. The molecule has 30 heavy (non-hydrogen) atoms. The third-order valence-corrected chi connectivity index (χ3v) is 5.37. The molecule has 9 heteroatoms. The van der Waals surface area contributed by atoms with Crippen LogP contribution < -0.4 is 16.6 Å². The summed E-state index contributed by atoms with van der Waals surface area (Å²) in [5.74, 6) is -1.98. The number of benzene rings is 2. The van der Waals surface area contributed by atoms with E-state index in [0.717, 1.165) is 27.6 Å². The van der Waals surface area contributed by atoms with Gasteiger partial charge in [-0.05, 0) is 47.3 Å². The fraction of sp³-hybridized carbons (Fsp3) is 0.0952. The maximum absolute atomic E-state index is 13.3. The normalized spacial score (nSPS) is 11.0. The number of aromatic nitrogens is 2. The minimum atomic E-state index is -0.735. The smallest absolute Gasteiger partial charge is 0.329 e. The molecule has 0 spiro atoms. The van der Waals surface area contributed by atoms with Crippen molar-refractivity contribution >= 4 is 28.1 Å². The van der Waals surface area contributed by atoms with Crippen molar-refractivity contribution in [2.75, 3.05) is 0 Å². The Balaban J connectivity index is 1.59. The molecule has 4 rings (SSSR count). The standard InChI is InChI=1S/C21H15F2N3O3S/c22-14-6-12(7-15(23)9-14)10-24-19(27)13-3-4-17-18(8-13)25-21(29)26(20(17)28)11-16-2-1-5-30-16/h1-9H,10-11H2,(H,24,27)(H,25,29). The molecule has 6 nitrogen and oxygen atoms in total. The first-order chi connectivity index (χ1) is 14.4. The fourth-order valence-electron chi connectivity index (χ4n) is 3.10. The van der Waals surface area contributed by atoms with E-state index < -0.39 is 28.8 Å². The van der Waals surface area contributed by atoms with Gasteiger partial charge in [-0.3, -0.25) is 14.2 Å². The Kier molecular flexibility index (Phi) is 5.28. The third kappa shape index (κ3) is 4.06. The van der Waals surface area contributed by atoms with Gasteiger partial charge < -0.3 is 10.3 Å². The van der Waals surface area contributed by atoms with Gasteiger partial charge in [0.25, 0.3) is 11.5 Å². The van der Waals surface area contributed by atoms with E-state index in [1.54, 1.807) is 0 Å². The van der Waals surface area contributed by atoms with E-state index >= 15 is 0 Å². The summed E-state index contributed by atoms with van der Waals surface area (Å²) in [6, 6.07) is 11.0. The lowest BCUT2D eigenvalue weighted by Gasteiger charge is -2.08. The summed E-state index contributed by atoms with van der Waals surface area (Å²) in [7, 11) is 0. The highest BCUT2D eigenvalue weighted by molar-refractivity contribution is 7.09. The predicted octanol–water partition coefficient (Wildman–Crippen LogP) is 3.01. The van der Waals surface area contributed by atoms with Crippen molar-refractivity contribution < 1.29 is 13.6 Å². The number of amides is 1. The Morgan fingerprint density at radius 1 is 1.07 bits per heavy atom. The number of fused-ring (bicyclic) bond motifs is 1. The maximum atomic E-state index is 13.3. The number of thiophene rings is 1. The molecule has 0 unspecified atom stereocenters. The number of hydrogen-bond donors (Lipinski definition) is 2. The van der Waals surface area contributed by atoms with Crippen molar-refractivity contribution in [3.8, 4) is 0 Å². The summed E-state index contributed by atoms with van der Waals surface area (Å²) >= 11 is 1.44. The topological polar surface area (TPSA) is 84.0 Å². The van der Waals surface area contributed by atoms with E-state index in [0.29, 0.717) is 0 Å². The zero-order valence-corrected chi connectivity index (χ0v) is 16.3. The van der Waals surface area contributed by atoms with Crippen LogP contribution in [0, 0.1) is 11.6 Å². The highest BCUT2D eigenvalue weighted by Gasteiger charge is 2.12. The number of halogens is 2. The second-order valence-electron chi connectivity index (χ2n) is 6.62. The van der Waals surface area contributed by atoms with E-state index in [9.17, 15) is 23.2 Å². The SMILES string of the molecule is O=C(NCc1cc(F)cc(F)c1)c1ccc2c(=O)n(Cc3cccs3)c(=O)[nH]c2c1. The summed E-state index contributed by atoms with van der Waals surface area (Å²) in [5, 5.41) is 4.69. The molecule has 0 aliphatic rings. The second kappa shape index (κ2) is 8.03. The van der Waals surface area contributed by atoms with Crippen LogP contribution in [-0.4, -0.2) is 15.5 Å². The average molecular weight is 427 g/mol. The van der Waals surface area contributed by atoms with Gasteiger partial charge in [-0.15, -0.1) is 11.3 Å². The average Bonchev–Trinajstić information content (AvgIpc) is 3.21. The number of H-pyrrole nitrogens is 1. The monoisotopic (exact) mass is 427 g/mol. The molecule has 0 saturated heterocycles. The number of nitrogens with one attached hydrogen (secondary N) is 2. The number of carbonyl (C=O) groups is 1. The second-order valence-corrected chi connectivity index (χ2v) is 7.65. The summed E-state index contributed by atoms with van der Waals surface area (Å²) in [4.78, 5) is 41.0. The Hall–Kier alpha value is -3.59. The Bertz CT molecular complexity index is 1340. The zero-order chi connectivity index (χ0) is 21.3. The first-order valence-corrected chi connectivity index (χ1v) is 9.81. The minimum absolute atomic E-state index is 0.0789. The molecule has 0 atom stereocenters. The number of rotatable bonds is 5. The molecule has 0 radical (unpaired) electrons. The van der Waals surface area contributed by atoms with Crippen LogP contribution in [0.1, 0.15) is 20.8 Å². The molecule has 2 heterocycles. The lowest BCUT2D eigenvalue weighted by Crippen LogP contribution is -2.35. The highest BCUT2D eigenvalue weighted by atomic mass is 32.1. The van der Waals surface area contributed by atoms with Crippen LogP contribution in [0.4, 0.5) is 8.78 Å². The molecule has 4 aromatic rings. The minimum Gasteiger partial charge on any atom is -0.348 e. The molecule has 0 saturated carbocycles. The predicted molar refractivity (Wildman–Crippen MR) is 110 cm³/mol. The van der Waals surface area contributed by atoms with Gasteiger partial charge in [0.15, 0.2) is 0 Å². The molecule has 0 aliphatic heterocycles. The van der Waals surface area contributed by atoms with Crippen molar-refractivity contribution in [1.29, 1.82) is 0 Å². The van der Waals surface area contributed by atoms with Crippen molar-refractivity contribution in [3.63, 3.8) is 0 Å². The van der Waals surface area contributed by atoms with Gasteiger partial charge in [0, 0.05) is 23.1 Å². The maximum Gasteiger partial charge on any atom is 0.329 e. The third-order valence-electron chi connectivity index (χ3n) is 4.51. The quantitative estimate of drug-likeness (QED) is 0.514. The molecule has 2 N–H and O–H groups in total. The summed E-state index contributed by atoms with van der Waals surface area (Å²) in [6.45, 7) is 0.0820. The Labute approximate surface area is 172 Å². The molecule has 0 aliphatic carbocycles. The van der Waals surface area contributed by atoms with E-state index in [4.69, 9.17) is 0 Å². The molecule has 1 amide bonds. The molecule has 2 aromatic heterocycles. The van der Waals surface area contributed by atoms with E-state index in [2.05, 4.69) is 10.3 Å². The Morgan fingerprint density at radius 2 is 1.83 bits per heavy atom. The molecular weight excluding hydrogens is 412 g/mol. The lowest BCUT2D eigenvalue weighted by molar-refractivity contribution is 0.0951. The van der Waals surface area contributed by atoms with Crippen LogP contribution in [0.15, 0.2) is 63.5 Å². The van der Waals surface area contributed by atoms with Gasteiger partial charge in [-0.2, -0.15) is 0 Å². The van der Waals surface area contributed by atoms with E-state index in [1.807, 2.05) is 17.5 Å². The number of nitrogens with zero attached hydrogens (tertiary/aromatic N) is 1. The number of aromatic amines is 1. The fourth-order valence-corrected chi connectivity index (χ4v) is 3.79. The molecule has 0 bridgehead atoms. The van der Waals surface area contributed by atoms with Crippen LogP contribution in [0.25, 0.3) is 10.9 Å². The first-order valence-electron chi connectivity index (χ1n) is 8.93. The zero-order valence-electron chi connectivity index (χ0n) is 15.4. The van der Waals surface area contributed by atoms with Crippen LogP contribution >= 0.6 is 11.3 Å². The largest absolute Gasteiger partial charge is 0.348 e. The molecule has 2 aromatic carbocycles. The lowest BCUT2D eigenvalue weighted by atomic mass is 10.1. The van der Waals surface area contributed by atoms with Crippen LogP contribution in [0.3, 0.4) is 0 Å². The summed E-state index contributed by atoms with van der Waals surface area (Å²) in [6.07, 6.45) is 0. The van der Waals surface area contributed by atoms with Crippen molar-refractivity contribution in [2.24, 2.45) is 0 Å². The van der Waals surface area contributed by atoms with Gasteiger partial charge in [0.1, 0.15) is 11.6 Å². The first kappa shape index (κ1) is 19.7. The van der Waals surface area contributed by atoms with Gasteiger partial charge in [-0.25, -0.2) is 13.6 Å². The molecular formula is C21H15F2N3O3S. The molecule has 0 fully saturated rings.